The Morgan fingerprint density at radius 1 is 1.24 bits per heavy atom. The summed E-state index contributed by atoms with van der Waals surface area (Å²) in [6.45, 7) is 2.95. The molecule has 4 N–H and O–H groups in total. The molecule has 7 heteroatoms. The van der Waals surface area contributed by atoms with E-state index in [1.807, 2.05) is 18.3 Å². The van der Waals surface area contributed by atoms with Crippen molar-refractivity contribution in [2.45, 2.75) is 44.9 Å². The highest BCUT2D eigenvalue weighted by atomic mass is 16.2. The molecule has 1 aromatic carbocycles. The Hall–Kier alpha value is -3.35. The first-order valence-electron chi connectivity index (χ1n) is 12.1. The molecule has 2 aliphatic carbocycles. The lowest BCUT2D eigenvalue weighted by atomic mass is 9.81. The Morgan fingerprint density at radius 3 is 2.79 bits per heavy atom. The number of carbonyl (C=O) groups excluding carboxylic acids is 1. The van der Waals surface area contributed by atoms with Gasteiger partial charge in [0, 0.05) is 41.7 Å². The van der Waals surface area contributed by atoms with Gasteiger partial charge in [-0.1, -0.05) is 25.1 Å². The topological polar surface area (TPSA) is 101 Å². The van der Waals surface area contributed by atoms with E-state index in [1.54, 1.807) is 6.20 Å². The number of H-pyrrole nitrogens is 1. The van der Waals surface area contributed by atoms with Gasteiger partial charge in [0.1, 0.15) is 22.9 Å². The molecule has 4 aromatic rings. The summed E-state index contributed by atoms with van der Waals surface area (Å²) in [5, 5.41) is 4.34. The monoisotopic (exact) mass is 442 g/mol. The van der Waals surface area contributed by atoms with Gasteiger partial charge in [-0.3, -0.25) is 9.20 Å². The van der Waals surface area contributed by atoms with Crippen molar-refractivity contribution in [3.63, 3.8) is 0 Å². The highest BCUT2D eigenvalue weighted by Gasteiger charge is 2.39. The van der Waals surface area contributed by atoms with Crippen LogP contribution in [0.4, 0.5) is 5.82 Å². The molecule has 2 atom stereocenters. The van der Waals surface area contributed by atoms with Crippen molar-refractivity contribution in [2.24, 2.45) is 17.8 Å². The summed E-state index contributed by atoms with van der Waals surface area (Å²) in [7, 11) is 0. The second kappa shape index (κ2) is 7.90. The van der Waals surface area contributed by atoms with Crippen molar-refractivity contribution >= 4 is 28.1 Å². The fraction of sp³-hybridized carbons (Fsp3) is 0.423. The Bertz CT molecular complexity index is 1300. The quantitative estimate of drug-likeness (QED) is 0.423. The minimum Gasteiger partial charge on any atom is -0.382 e. The third-order valence-corrected chi connectivity index (χ3v) is 7.62. The molecule has 2 saturated carbocycles. The van der Waals surface area contributed by atoms with Gasteiger partial charge in [0.25, 0.3) is 0 Å². The summed E-state index contributed by atoms with van der Waals surface area (Å²) in [4.78, 5) is 25.1. The third-order valence-electron chi connectivity index (χ3n) is 7.62. The summed E-state index contributed by atoms with van der Waals surface area (Å²) < 4.78 is 2.13. The number of nitrogens with zero attached hydrogens (tertiary/aromatic N) is 3. The van der Waals surface area contributed by atoms with Crippen LogP contribution in [-0.4, -0.2) is 31.8 Å². The molecule has 0 saturated heterocycles. The van der Waals surface area contributed by atoms with Crippen LogP contribution in [0.2, 0.25) is 0 Å². The summed E-state index contributed by atoms with van der Waals surface area (Å²) in [5.41, 5.74) is 10.1. The lowest BCUT2D eigenvalue weighted by Gasteiger charge is -2.28. The zero-order valence-electron chi connectivity index (χ0n) is 18.9. The number of nitrogens with two attached hydrogens (primary N) is 1. The van der Waals surface area contributed by atoms with Crippen LogP contribution in [-0.2, 0) is 4.79 Å². The van der Waals surface area contributed by atoms with Crippen LogP contribution in [0.25, 0.3) is 27.8 Å². The van der Waals surface area contributed by atoms with Gasteiger partial charge in [0.15, 0.2) is 0 Å². The number of anilines is 1. The number of para-hydroxylation sites is 1. The molecular weight excluding hydrogens is 412 g/mol. The zero-order valence-corrected chi connectivity index (χ0v) is 18.9. The van der Waals surface area contributed by atoms with Crippen molar-refractivity contribution < 1.29 is 4.79 Å². The van der Waals surface area contributed by atoms with E-state index in [-0.39, 0.29) is 11.8 Å². The predicted octanol–water partition coefficient (Wildman–Crippen LogP) is 4.51. The number of hydrogen-bond acceptors (Lipinski definition) is 4. The first-order valence-corrected chi connectivity index (χ1v) is 12.1. The molecule has 0 aliphatic heterocycles. The Kier molecular flexibility index (Phi) is 4.85. The van der Waals surface area contributed by atoms with E-state index in [1.165, 1.54) is 0 Å². The standard InChI is InChI=1S/C26H30N6O/c1-15-12-19(15)26(33)29-14-16-6-8-17(9-7-16)25-31-22(23-24(27)28-10-11-32(23)25)21-13-18-4-2-3-5-20(18)30-21/h2-5,10-11,13,15-17,19,30H,6-9,12,14H2,1H3,(H2,27,28)(H,29,33)/t15-,16?,17?,19-/m1/s1. The fourth-order valence-electron chi connectivity index (χ4n) is 5.45. The Labute approximate surface area is 192 Å². The molecular formula is C26H30N6O. The van der Waals surface area contributed by atoms with Gasteiger partial charge in [0.2, 0.25) is 5.91 Å². The number of amides is 1. The van der Waals surface area contributed by atoms with Gasteiger partial charge < -0.3 is 16.0 Å². The summed E-state index contributed by atoms with van der Waals surface area (Å²) in [5.74, 6) is 3.52. The van der Waals surface area contributed by atoms with Crippen molar-refractivity contribution in [1.82, 2.24) is 24.7 Å². The number of nitrogens with one attached hydrogen (secondary N) is 2. The zero-order chi connectivity index (χ0) is 22.5. The maximum atomic E-state index is 12.2. The highest BCUT2D eigenvalue weighted by molar-refractivity contribution is 5.91. The molecule has 6 rings (SSSR count). The van der Waals surface area contributed by atoms with Gasteiger partial charge in [-0.25, -0.2) is 9.97 Å². The molecule has 33 heavy (non-hydrogen) atoms. The van der Waals surface area contributed by atoms with Crippen molar-refractivity contribution in [3.8, 4) is 11.4 Å². The van der Waals surface area contributed by atoms with E-state index in [4.69, 9.17) is 10.7 Å². The number of benzene rings is 1. The van der Waals surface area contributed by atoms with Crippen molar-refractivity contribution in [3.05, 3.63) is 48.5 Å². The number of carbonyl (C=O) groups is 1. The van der Waals surface area contributed by atoms with Crippen LogP contribution in [0, 0.1) is 17.8 Å². The van der Waals surface area contributed by atoms with Gasteiger partial charge in [-0.2, -0.15) is 0 Å². The number of fused-ring (bicyclic) bond motifs is 2. The average molecular weight is 443 g/mol. The van der Waals surface area contributed by atoms with Gasteiger partial charge in [-0.05, 0) is 56.1 Å². The summed E-state index contributed by atoms with van der Waals surface area (Å²) in [6, 6.07) is 10.4. The minimum absolute atomic E-state index is 0.245. The first-order chi connectivity index (χ1) is 16.1. The van der Waals surface area contributed by atoms with E-state index >= 15 is 0 Å². The predicted molar refractivity (Wildman–Crippen MR) is 130 cm³/mol. The Balaban J connectivity index is 1.24. The van der Waals surface area contributed by atoms with Gasteiger partial charge in [-0.15, -0.1) is 0 Å². The second-order valence-electron chi connectivity index (χ2n) is 9.90. The summed E-state index contributed by atoms with van der Waals surface area (Å²) in [6.07, 6.45) is 9.10. The minimum atomic E-state index is 0.245. The molecule has 2 aliphatic rings. The third kappa shape index (κ3) is 3.65. The van der Waals surface area contributed by atoms with Gasteiger partial charge in [0.05, 0.1) is 5.69 Å². The molecule has 0 bridgehead atoms. The maximum absolute atomic E-state index is 12.2. The maximum Gasteiger partial charge on any atom is 0.223 e. The largest absolute Gasteiger partial charge is 0.382 e. The number of hydrogen-bond donors (Lipinski definition) is 3. The van der Waals surface area contributed by atoms with Crippen LogP contribution in [0.5, 0.6) is 0 Å². The summed E-state index contributed by atoms with van der Waals surface area (Å²) >= 11 is 0. The van der Waals surface area contributed by atoms with E-state index in [0.29, 0.717) is 23.6 Å². The van der Waals surface area contributed by atoms with Crippen LogP contribution in [0.3, 0.4) is 0 Å². The fourth-order valence-corrected chi connectivity index (χ4v) is 5.45. The van der Waals surface area contributed by atoms with Crippen molar-refractivity contribution in [1.29, 1.82) is 0 Å². The first kappa shape index (κ1) is 20.3. The highest BCUT2D eigenvalue weighted by Crippen LogP contribution is 2.40. The Morgan fingerprint density at radius 2 is 2.03 bits per heavy atom. The molecule has 1 amide bonds. The lowest BCUT2D eigenvalue weighted by molar-refractivity contribution is -0.122. The van der Waals surface area contributed by atoms with Crippen LogP contribution < -0.4 is 11.1 Å². The van der Waals surface area contributed by atoms with E-state index in [9.17, 15) is 4.79 Å². The lowest BCUT2D eigenvalue weighted by Crippen LogP contribution is -2.32. The smallest absolute Gasteiger partial charge is 0.223 e. The van der Waals surface area contributed by atoms with Crippen LogP contribution in [0.15, 0.2) is 42.7 Å². The number of aromatic amines is 1. The average Bonchev–Trinajstić information content (AvgIpc) is 3.24. The number of nitrogen functional groups attached to an aromatic ring is 1. The molecule has 2 fully saturated rings. The van der Waals surface area contributed by atoms with E-state index in [2.05, 4.69) is 44.8 Å². The van der Waals surface area contributed by atoms with Crippen molar-refractivity contribution in [2.75, 3.05) is 12.3 Å². The SMILES string of the molecule is C[C@@H]1C[C@H]1C(=O)NCC1CCC(c2nc(-c3cc4ccccc4[nH]3)c3c(N)nccn23)CC1. The number of imidazole rings is 1. The van der Waals surface area contributed by atoms with E-state index in [0.717, 1.165) is 72.3 Å². The molecule has 3 heterocycles. The molecule has 0 radical (unpaired) electrons. The molecule has 0 spiro atoms. The van der Waals surface area contributed by atoms with Crippen LogP contribution >= 0.6 is 0 Å². The molecule has 0 unspecified atom stereocenters. The normalized spacial score (nSPS) is 24.9. The number of rotatable bonds is 5. The van der Waals surface area contributed by atoms with Crippen LogP contribution in [0.1, 0.15) is 50.8 Å². The molecule has 3 aromatic heterocycles. The number of aromatic nitrogens is 4. The molecule has 7 nitrogen and oxygen atoms in total. The second-order valence-corrected chi connectivity index (χ2v) is 9.90. The molecule has 170 valence electrons. The van der Waals surface area contributed by atoms with E-state index < -0.39 is 0 Å². The van der Waals surface area contributed by atoms with Gasteiger partial charge >= 0.3 is 0 Å².